The quantitative estimate of drug-likeness (QED) is 0.187. The van der Waals surface area contributed by atoms with E-state index in [0.29, 0.717) is 62.7 Å². The van der Waals surface area contributed by atoms with Crippen molar-refractivity contribution in [2.24, 2.45) is 5.92 Å². The summed E-state index contributed by atoms with van der Waals surface area (Å²) in [5.74, 6) is 2.02. The zero-order valence-electron chi connectivity index (χ0n) is 22.3. The molecule has 0 aliphatic heterocycles. The number of hydrogen-bond donors (Lipinski definition) is 2. The van der Waals surface area contributed by atoms with Crippen LogP contribution < -0.4 is 24.8 Å². The minimum absolute atomic E-state index is 0.306. The van der Waals surface area contributed by atoms with Crippen molar-refractivity contribution in [3.63, 3.8) is 0 Å². The number of aromatic nitrogens is 2. The van der Waals surface area contributed by atoms with Crippen LogP contribution in [0.15, 0.2) is 55.3 Å². The molecule has 206 valence electrons. The van der Waals surface area contributed by atoms with Gasteiger partial charge in [-0.1, -0.05) is 41.9 Å². The van der Waals surface area contributed by atoms with Crippen molar-refractivity contribution < 1.29 is 19.0 Å². The Morgan fingerprint density at radius 2 is 1.85 bits per heavy atom. The molecule has 0 atom stereocenters. The van der Waals surface area contributed by atoms with E-state index in [4.69, 9.17) is 42.4 Å². The third-order valence-corrected chi connectivity index (χ3v) is 7.38. The summed E-state index contributed by atoms with van der Waals surface area (Å²) < 4.78 is 17.1. The molecule has 1 fully saturated rings. The number of halogens is 2. The third-order valence-electron chi connectivity index (χ3n) is 6.63. The van der Waals surface area contributed by atoms with E-state index in [1.807, 2.05) is 37.3 Å². The summed E-state index contributed by atoms with van der Waals surface area (Å²) in [6.45, 7) is 6.03. The fraction of sp³-hybridized carbons (Fsp3) is 0.233. The molecule has 1 aliphatic carbocycles. The molecule has 0 spiro atoms. The Hall–Kier alpha value is -4.01. The van der Waals surface area contributed by atoms with Crippen LogP contribution >= 0.6 is 23.2 Å². The smallest absolute Gasteiger partial charge is 0.247 e. The van der Waals surface area contributed by atoms with Crippen LogP contribution in [0, 0.1) is 12.8 Å². The normalized spacial score (nSPS) is 12.6. The number of benzene rings is 2. The first kappa shape index (κ1) is 27.6. The molecule has 1 saturated carbocycles. The standard InChI is InChI=1S/C30H28Cl2N4O4/c1-5-25(37)34-20-8-6-7-16(2)29(20)36-24-12-19-18(14-33-24)11-21(35-30(19)40-15-17-9-10-17)26-27(31)22(38-3)13-23(39-4)28(26)32/h5-8,11-14,17H,1,9-10,15H2,2-4H3,(H,33,36)(H,34,37). The summed E-state index contributed by atoms with van der Waals surface area (Å²) in [7, 11) is 3.05. The number of carbonyl (C=O) groups excluding carboxylic acids is 1. The first-order chi connectivity index (χ1) is 19.3. The van der Waals surface area contributed by atoms with Crippen molar-refractivity contribution in [1.82, 2.24) is 9.97 Å². The number of fused-ring (bicyclic) bond motifs is 1. The van der Waals surface area contributed by atoms with E-state index in [-0.39, 0.29) is 5.91 Å². The third kappa shape index (κ3) is 5.64. The number of amides is 1. The summed E-state index contributed by atoms with van der Waals surface area (Å²) in [6, 6.07) is 11.0. The highest BCUT2D eigenvalue weighted by Crippen LogP contribution is 2.46. The molecule has 4 aromatic rings. The molecule has 2 heterocycles. The second-order valence-electron chi connectivity index (χ2n) is 9.46. The molecule has 8 nitrogen and oxygen atoms in total. The average molecular weight is 579 g/mol. The molecule has 1 amide bonds. The van der Waals surface area contributed by atoms with Gasteiger partial charge in [-0.05, 0) is 55.5 Å². The highest BCUT2D eigenvalue weighted by Gasteiger charge is 2.25. The van der Waals surface area contributed by atoms with Gasteiger partial charge in [0.15, 0.2) is 0 Å². The zero-order valence-corrected chi connectivity index (χ0v) is 23.8. The maximum atomic E-state index is 12.0. The highest BCUT2D eigenvalue weighted by atomic mass is 35.5. The molecule has 40 heavy (non-hydrogen) atoms. The van der Waals surface area contributed by atoms with Gasteiger partial charge in [0.2, 0.25) is 11.8 Å². The summed E-state index contributed by atoms with van der Waals surface area (Å²) in [4.78, 5) is 21.5. The first-order valence-corrected chi connectivity index (χ1v) is 13.4. The minimum Gasteiger partial charge on any atom is -0.495 e. The van der Waals surface area contributed by atoms with Gasteiger partial charge in [-0.3, -0.25) is 4.79 Å². The second-order valence-corrected chi connectivity index (χ2v) is 10.2. The lowest BCUT2D eigenvalue weighted by Gasteiger charge is -2.17. The van der Waals surface area contributed by atoms with Crippen molar-refractivity contribution in [1.29, 1.82) is 0 Å². The van der Waals surface area contributed by atoms with Gasteiger partial charge in [-0.25, -0.2) is 9.97 Å². The monoisotopic (exact) mass is 578 g/mol. The Balaban J connectivity index is 1.61. The van der Waals surface area contributed by atoms with Crippen LogP contribution in [0.2, 0.25) is 10.0 Å². The average Bonchev–Trinajstić information content (AvgIpc) is 3.78. The molecule has 10 heteroatoms. The number of nitrogens with zero attached hydrogens (tertiary/aromatic N) is 2. The van der Waals surface area contributed by atoms with Gasteiger partial charge in [0.1, 0.15) is 17.3 Å². The van der Waals surface area contributed by atoms with E-state index in [9.17, 15) is 4.79 Å². The van der Waals surface area contributed by atoms with Crippen molar-refractivity contribution >= 4 is 57.1 Å². The van der Waals surface area contributed by atoms with Crippen molar-refractivity contribution in [3.8, 4) is 28.6 Å². The predicted molar refractivity (Wildman–Crippen MR) is 160 cm³/mol. The minimum atomic E-state index is -0.306. The molecule has 0 saturated heterocycles. The van der Waals surface area contributed by atoms with Crippen LogP contribution in [0.25, 0.3) is 22.0 Å². The summed E-state index contributed by atoms with van der Waals surface area (Å²) in [5.41, 5.74) is 3.24. The van der Waals surface area contributed by atoms with Gasteiger partial charge < -0.3 is 24.8 Å². The molecular weight excluding hydrogens is 551 g/mol. The van der Waals surface area contributed by atoms with E-state index < -0.39 is 0 Å². The van der Waals surface area contributed by atoms with E-state index in [0.717, 1.165) is 34.9 Å². The van der Waals surface area contributed by atoms with E-state index in [1.54, 1.807) is 12.3 Å². The van der Waals surface area contributed by atoms with Gasteiger partial charge in [-0.15, -0.1) is 0 Å². The van der Waals surface area contributed by atoms with Crippen LogP contribution in [0.5, 0.6) is 17.4 Å². The largest absolute Gasteiger partial charge is 0.495 e. The highest BCUT2D eigenvalue weighted by molar-refractivity contribution is 6.41. The number of pyridine rings is 2. The Labute approximate surface area is 242 Å². The molecule has 2 N–H and O–H groups in total. The molecule has 1 aliphatic rings. The van der Waals surface area contributed by atoms with Crippen molar-refractivity contribution in [2.45, 2.75) is 19.8 Å². The number of anilines is 3. The number of para-hydroxylation sites is 1. The molecule has 0 bridgehead atoms. The number of hydrogen-bond acceptors (Lipinski definition) is 7. The summed E-state index contributed by atoms with van der Waals surface area (Å²) in [5, 5.41) is 8.34. The number of aryl methyl sites for hydroxylation is 1. The molecule has 5 rings (SSSR count). The topological polar surface area (TPSA) is 94.6 Å². The predicted octanol–water partition coefficient (Wildman–Crippen LogP) is 7.59. The Morgan fingerprint density at radius 1 is 1.12 bits per heavy atom. The van der Waals surface area contributed by atoms with Crippen LogP contribution in [0.4, 0.5) is 17.2 Å². The zero-order chi connectivity index (χ0) is 28.4. The van der Waals surface area contributed by atoms with Crippen LogP contribution in [0.3, 0.4) is 0 Å². The van der Waals surface area contributed by atoms with Gasteiger partial charge in [0, 0.05) is 28.6 Å². The first-order valence-electron chi connectivity index (χ1n) is 12.7. The summed E-state index contributed by atoms with van der Waals surface area (Å²) in [6.07, 6.45) is 5.21. The van der Waals surface area contributed by atoms with Gasteiger partial charge in [0.05, 0.1) is 47.9 Å². The van der Waals surface area contributed by atoms with E-state index >= 15 is 0 Å². The molecule has 0 unspecified atom stereocenters. The number of ether oxygens (including phenoxy) is 3. The summed E-state index contributed by atoms with van der Waals surface area (Å²) >= 11 is 13.4. The number of carbonyl (C=O) groups is 1. The van der Waals surface area contributed by atoms with Crippen LogP contribution in [0.1, 0.15) is 18.4 Å². The maximum absolute atomic E-state index is 12.0. The molecule has 2 aromatic heterocycles. The Kier molecular flexibility index (Phi) is 8.00. The lowest BCUT2D eigenvalue weighted by molar-refractivity contribution is -0.111. The second kappa shape index (κ2) is 11.6. The van der Waals surface area contributed by atoms with Crippen LogP contribution in [-0.2, 0) is 4.79 Å². The fourth-order valence-electron chi connectivity index (χ4n) is 4.26. The maximum Gasteiger partial charge on any atom is 0.247 e. The lowest BCUT2D eigenvalue weighted by atomic mass is 10.1. The van der Waals surface area contributed by atoms with E-state index in [2.05, 4.69) is 22.2 Å². The van der Waals surface area contributed by atoms with E-state index in [1.165, 1.54) is 20.3 Å². The molecule has 2 aromatic carbocycles. The van der Waals surface area contributed by atoms with Crippen molar-refractivity contribution in [3.05, 3.63) is 70.9 Å². The van der Waals surface area contributed by atoms with Gasteiger partial charge >= 0.3 is 0 Å². The number of nitrogens with one attached hydrogen (secondary N) is 2. The van der Waals surface area contributed by atoms with Crippen molar-refractivity contribution in [2.75, 3.05) is 31.5 Å². The fourth-order valence-corrected chi connectivity index (χ4v) is 4.96. The SMILES string of the molecule is C=CC(=O)Nc1cccc(C)c1Nc1cc2c(OCC3CC3)nc(-c3c(Cl)c(OC)cc(OC)c3Cl)cc2cn1. The van der Waals surface area contributed by atoms with Crippen LogP contribution in [-0.4, -0.2) is 36.7 Å². The Morgan fingerprint density at radius 3 is 2.50 bits per heavy atom. The van der Waals surface area contributed by atoms with Gasteiger partial charge in [-0.2, -0.15) is 0 Å². The van der Waals surface area contributed by atoms with Gasteiger partial charge in [0.25, 0.3) is 0 Å². The number of rotatable bonds is 10. The number of methoxy groups -OCH3 is 2. The lowest BCUT2D eigenvalue weighted by Crippen LogP contribution is -2.10. The Bertz CT molecular complexity index is 1590. The molecular formula is C30H28Cl2N4O4. The molecule has 0 radical (unpaired) electrons.